The molecule has 12 nitrogen and oxygen atoms in total. The van der Waals surface area contributed by atoms with Crippen molar-refractivity contribution in [1.82, 2.24) is 14.2 Å². The molecule has 0 aliphatic rings. The Balaban J connectivity index is 6.38. The van der Waals surface area contributed by atoms with E-state index in [1.165, 1.54) is 0 Å². The predicted octanol–water partition coefficient (Wildman–Crippen LogP) is 1.28. The minimum Gasteiger partial charge on any atom is -0.212 e. The Labute approximate surface area is 203 Å². The van der Waals surface area contributed by atoms with E-state index in [1.54, 1.807) is 18.2 Å². The van der Waals surface area contributed by atoms with Crippen molar-refractivity contribution in [3.63, 3.8) is 0 Å². The summed E-state index contributed by atoms with van der Waals surface area (Å²) in [5, 5.41) is 26.2. The van der Waals surface area contributed by atoms with Gasteiger partial charge in [-0.2, -0.15) is 15.8 Å². The molecule has 0 aliphatic heterocycles. The Hall–Kier alpha value is -1.80. The fraction of sp³-hybridized carbons (Fsp3) is 0.842. The molecule has 0 bridgehead atoms. The molecule has 0 aliphatic carbocycles. The highest BCUT2D eigenvalue weighted by Crippen LogP contribution is 2.35. The number of rotatable bonds is 20. The van der Waals surface area contributed by atoms with E-state index in [0.29, 0.717) is 12.8 Å². The second-order valence-electron chi connectivity index (χ2n) is 7.47. The van der Waals surface area contributed by atoms with E-state index >= 15 is 0 Å². The lowest BCUT2D eigenvalue weighted by Gasteiger charge is -2.32. The number of hydrogen-bond donors (Lipinski definition) is 3. The van der Waals surface area contributed by atoms with E-state index < -0.39 is 59.5 Å². The second-order valence-corrected chi connectivity index (χ2v) is 14.2. The van der Waals surface area contributed by atoms with Crippen LogP contribution in [0.1, 0.15) is 77.6 Å². The molecular weight excluding hydrogens is 504 g/mol. The third-order valence-corrected chi connectivity index (χ3v) is 13.7. The van der Waals surface area contributed by atoms with Gasteiger partial charge in [-0.3, -0.25) is 0 Å². The Morgan fingerprint density at radius 2 is 0.912 bits per heavy atom. The van der Waals surface area contributed by atoms with Gasteiger partial charge in [-0.25, -0.2) is 39.4 Å². The summed E-state index contributed by atoms with van der Waals surface area (Å²) in [5.41, 5.74) is 0. The quantitative estimate of drug-likeness (QED) is 0.190. The second kappa shape index (κ2) is 16.0. The van der Waals surface area contributed by atoms with E-state index in [4.69, 9.17) is 15.8 Å². The van der Waals surface area contributed by atoms with Crippen LogP contribution < -0.4 is 14.2 Å². The Bertz CT molecular complexity index is 932. The van der Waals surface area contributed by atoms with Crippen LogP contribution in [0.2, 0.25) is 0 Å². The zero-order valence-corrected chi connectivity index (χ0v) is 21.9. The van der Waals surface area contributed by atoms with Gasteiger partial charge in [-0.1, -0.05) is 45.4 Å². The molecule has 0 saturated heterocycles. The molecule has 15 heteroatoms. The van der Waals surface area contributed by atoms with Crippen LogP contribution in [-0.2, 0) is 30.1 Å². The average molecular weight is 539 g/mol. The molecule has 0 aromatic carbocycles. The summed E-state index contributed by atoms with van der Waals surface area (Å²) in [6.07, 6.45) is 3.19. The lowest BCUT2D eigenvalue weighted by molar-refractivity contribution is 0.508. The number of sulfonamides is 3. The lowest BCUT2D eigenvalue weighted by Crippen LogP contribution is -2.63. The fourth-order valence-electron chi connectivity index (χ4n) is 3.19. The van der Waals surface area contributed by atoms with Crippen LogP contribution in [0.5, 0.6) is 0 Å². The van der Waals surface area contributed by atoms with Gasteiger partial charge >= 0.3 is 3.41 Å². The van der Waals surface area contributed by atoms with Crippen molar-refractivity contribution in [1.29, 1.82) is 15.8 Å². The maximum Gasteiger partial charge on any atom is 0.313 e. The zero-order valence-electron chi connectivity index (χ0n) is 19.4. The summed E-state index contributed by atoms with van der Waals surface area (Å²) in [7, 11) is -15.3. The van der Waals surface area contributed by atoms with E-state index in [1.807, 2.05) is 21.1 Å². The molecule has 0 radical (unpaired) electrons. The third-order valence-electron chi connectivity index (χ3n) is 4.90. The number of nitrogens with one attached hydrogen (secondary N) is 3. The molecule has 0 saturated carbocycles. The van der Waals surface area contributed by atoms with Gasteiger partial charge in [0.05, 0.1) is 18.2 Å². The highest BCUT2D eigenvalue weighted by molar-refractivity contribution is 8.24. The Morgan fingerprint density at radius 1 is 0.588 bits per heavy atom. The van der Waals surface area contributed by atoms with Gasteiger partial charge in [-0.15, -0.1) is 0 Å². The van der Waals surface area contributed by atoms with Crippen molar-refractivity contribution < 1.29 is 25.3 Å². The maximum atomic E-state index is 13.3. The SMILES string of the molecule is CCCCCCCCCC(S(=O)(=O)NCCC#N)(S(=O)(=O)NCCC#N)S(=O)(=O)NCCC#N. The van der Waals surface area contributed by atoms with Gasteiger partial charge in [-0.05, 0) is 6.42 Å². The largest absolute Gasteiger partial charge is 0.313 e. The van der Waals surface area contributed by atoms with Gasteiger partial charge in [0.25, 0.3) is 0 Å². The molecule has 0 fully saturated rings. The molecule has 0 aromatic heterocycles. The monoisotopic (exact) mass is 538 g/mol. The molecule has 34 heavy (non-hydrogen) atoms. The van der Waals surface area contributed by atoms with Crippen molar-refractivity contribution in [2.24, 2.45) is 0 Å². The maximum absolute atomic E-state index is 13.3. The minimum absolute atomic E-state index is 0.0242. The molecule has 0 rings (SSSR count). The summed E-state index contributed by atoms with van der Waals surface area (Å²) in [5.74, 6) is 0. The van der Waals surface area contributed by atoms with Crippen molar-refractivity contribution in [2.45, 2.75) is 81.0 Å². The molecule has 0 unspecified atom stereocenters. The molecule has 0 aromatic rings. The van der Waals surface area contributed by atoms with Gasteiger partial charge in [0.2, 0.25) is 30.1 Å². The average Bonchev–Trinajstić information content (AvgIpc) is 2.75. The normalized spacial score (nSPS) is 12.5. The third kappa shape index (κ3) is 9.10. The van der Waals surface area contributed by atoms with Crippen LogP contribution in [0, 0.1) is 34.0 Å². The Kier molecular flexibility index (Phi) is 15.1. The van der Waals surface area contributed by atoms with Gasteiger partial charge in [0.15, 0.2) is 0 Å². The predicted molar refractivity (Wildman–Crippen MR) is 127 cm³/mol. The fourth-order valence-corrected chi connectivity index (χ4v) is 10.7. The molecule has 194 valence electrons. The van der Waals surface area contributed by atoms with Crippen LogP contribution in [-0.4, -0.2) is 48.3 Å². The summed E-state index contributed by atoms with van der Waals surface area (Å²) in [6, 6.07) is 5.10. The van der Waals surface area contributed by atoms with E-state index in [-0.39, 0.29) is 25.7 Å². The van der Waals surface area contributed by atoms with E-state index in [0.717, 1.165) is 25.7 Å². The van der Waals surface area contributed by atoms with Gasteiger partial charge in [0, 0.05) is 45.3 Å². The zero-order chi connectivity index (χ0) is 26.1. The van der Waals surface area contributed by atoms with Gasteiger partial charge in [0.1, 0.15) is 0 Å². The molecular formula is C19H34N6O6S3. The summed E-state index contributed by atoms with van der Waals surface area (Å²) in [4.78, 5) is 0. The first-order valence-corrected chi connectivity index (χ1v) is 15.5. The Morgan fingerprint density at radius 3 is 1.24 bits per heavy atom. The summed E-state index contributed by atoms with van der Waals surface area (Å²) in [6.45, 7) is 0.587. The van der Waals surface area contributed by atoms with Crippen LogP contribution in [0.3, 0.4) is 0 Å². The van der Waals surface area contributed by atoms with Crippen LogP contribution in [0.15, 0.2) is 0 Å². The highest BCUT2D eigenvalue weighted by Gasteiger charge is 2.64. The first-order chi connectivity index (χ1) is 16.0. The van der Waals surface area contributed by atoms with Gasteiger partial charge < -0.3 is 0 Å². The molecule has 0 atom stereocenters. The van der Waals surface area contributed by atoms with E-state index in [9.17, 15) is 25.3 Å². The molecule has 0 spiro atoms. The number of unbranched alkanes of at least 4 members (excludes halogenated alkanes) is 6. The van der Waals surface area contributed by atoms with Crippen LogP contribution in [0.25, 0.3) is 0 Å². The van der Waals surface area contributed by atoms with Crippen molar-refractivity contribution in [3.05, 3.63) is 0 Å². The smallest absolute Gasteiger partial charge is 0.212 e. The number of nitriles is 3. The lowest BCUT2D eigenvalue weighted by atomic mass is 10.1. The number of nitrogens with zero attached hydrogens (tertiary/aromatic N) is 3. The topological polar surface area (TPSA) is 210 Å². The summed E-state index contributed by atoms with van der Waals surface area (Å²) >= 11 is 0. The molecule has 0 heterocycles. The number of hydrogen-bond acceptors (Lipinski definition) is 9. The van der Waals surface area contributed by atoms with Crippen molar-refractivity contribution in [3.8, 4) is 18.2 Å². The minimum atomic E-state index is -5.12. The van der Waals surface area contributed by atoms with Crippen molar-refractivity contribution >= 4 is 30.1 Å². The summed E-state index contributed by atoms with van der Waals surface area (Å²) < 4.78 is 82.3. The standard InChI is InChI=1S/C19H34N6O6S3/c1-2-3-4-5-6-7-8-12-19(32(26,27)23-16-9-13-20,33(28,29)24-17-10-14-21)34(30,31)25-18-11-15-22/h23-25H,2-12,16-18H2,1H3. The first kappa shape index (κ1) is 32.2. The first-order valence-electron chi connectivity index (χ1n) is 11.1. The van der Waals surface area contributed by atoms with E-state index in [2.05, 4.69) is 0 Å². The van der Waals surface area contributed by atoms with Crippen molar-refractivity contribution in [2.75, 3.05) is 19.6 Å². The molecule has 0 amide bonds. The highest BCUT2D eigenvalue weighted by atomic mass is 32.3. The molecule has 3 N–H and O–H groups in total. The van der Waals surface area contributed by atoms with Crippen LogP contribution in [0.4, 0.5) is 0 Å². The van der Waals surface area contributed by atoms with Crippen LogP contribution >= 0.6 is 0 Å².